The van der Waals surface area contributed by atoms with E-state index in [4.69, 9.17) is 21.6 Å². The Morgan fingerprint density at radius 2 is 0.949 bits per heavy atom. The summed E-state index contributed by atoms with van der Waals surface area (Å²) in [6.45, 7) is 25.4. The van der Waals surface area contributed by atoms with E-state index >= 15 is 0 Å². The molecule has 2 N–H and O–H groups in total. The molecule has 4 aliphatic rings. The van der Waals surface area contributed by atoms with Gasteiger partial charge in [-0.2, -0.15) is 0 Å². The predicted molar refractivity (Wildman–Crippen MR) is 285 cm³/mol. The summed E-state index contributed by atoms with van der Waals surface area (Å²) in [4.78, 5) is 146. The third-order valence-corrected chi connectivity index (χ3v) is 9.19. The van der Waals surface area contributed by atoms with Gasteiger partial charge >= 0.3 is 87.2 Å². The first-order chi connectivity index (χ1) is 34.5. The number of carboxylic acids is 1. The Morgan fingerprint density at radius 3 is 1.20 bits per heavy atom. The molecule has 2 atom stereocenters. The maximum absolute atomic E-state index is 12.3. The standard InChI is InChI=1S/C14H20N2O2.C12H14O6.C8H6O4.C6H10O3.C5H8O4.C3H9N.C2H3ClO.2CH4.B.FH.K.H2/c1-5-7-15-9(3)11-12(13(15)17)10(4)16(8-6-2)14(11)18;1-5-17-11(15)9(7(3)13)10(8(4)14)12(16)18-6-2;1-3-5-6(8(10)11-3)4(2)12-7(5)9;1-3-9-6(8)4-5(2)7;1-2-9-5(8)3-4(6)7;1-2-3-4;1-2(3)4;;;;;;/h5-8H2,1-4H3;1,9-10H,6H2,2-4H3;1-2H3;3-4H2,1-2H3;2-3H2,1H3,(H,6,7);2-4H2,1H3;1H3;2*1H4;;1H;;1H/q;;;;;;;;;;;+1;/p-1/i;;;;;;;;;;;;1+1. The summed E-state index contributed by atoms with van der Waals surface area (Å²) >= 11 is 4.64. The Bertz CT molecular complexity index is 2200. The van der Waals surface area contributed by atoms with Gasteiger partial charge in [-0.1, -0.05) is 42.0 Å². The SMILES string of the molecule is C.C.C#COC(=O)C(C(C)=O)C(C(C)=O)C(=O)OCC.CC(=O)Cl.CC1=C2C(=O)OC(C)=C2C(=O)O1.CCCN.CCCN1C(=O)C2=C(C)N(CCC)C(=O)C2=C1C.CCOC(=O)CC(=O)[O-].CCOC(=O)CC(C)=O.F.[2HH].[B].[K+]. The minimum Gasteiger partial charge on any atom is -0.550 e. The van der Waals surface area contributed by atoms with Crippen molar-refractivity contribution in [1.29, 1.82) is 0 Å². The van der Waals surface area contributed by atoms with Crippen LogP contribution in [0.15, 0.2) is 45.2 Å². The van der Waals surface area contributed by atoms with E-state index in [0.717, 1.165) is 51.0 Å². The molecule has 79 heavy (non-hydrogen) atoms. The van der Waals surface area contributed by atoms with E-state index in [0.29, 0.717) is 42.4 Å². The van der Waals surface area contributed by atoms with E-state index in [-0.39, 0.29) is 134 Å². The van der Waals surface area contributed by atoms with Gasteiger partial charge in [0.1, 0.15) is 64.4 Å². The van der Waals surface area contributed by atoms with Crippen molar-refractivity contribution in [1.82, 2.24) is 9.80 Å². The van der Waals surface area contributed by atoms with Gasteiger partial charge in [-0.3, -0.25) is 52.6 Å². The first-order valence-electron chi connectivity index (χ1n) is 23.1. The smallest absolute Gasteiger partial charge is 0.550 e. The molecule has 0 aromatic carbocycles. The molecule has 0 saturated carbocycles. The number of carbonyl (C=O) groups is 13. The van der Waals surface area contributed by atoms with E-state index in [1.165, 1.54) is 20.8 Å². The number of nitrogens with two attached hydrogens (primary N) is 1. The molecule has 3 radical (unpaired) electrons. The van der Waals surface area contributed by atoms with Gasteiger partial charge in [0.05, 0.1) is 43.4 Å². The number of terminal acetylenes is 1. The molecule has 2 unspecified atom stereocenters. The number of allylic oxidation sites excluding steroid dienone is 4. The summed E-state index contributed by atoms with van der Waals surface area (Å²) in [7, 11) is 0. The monoisotopic (exact) mass is 1170 g/mol. The van der Waals surface area contributed by atoms with Crippen molar-refractivity contribution in [2.45, 2.75) is 144 Å². The number of nitrogens with zero attached hydrogens (tertiary/aromatic N) is 2. The fourth-order valence-corrected chi connectivity index (χ4v) is 6.21. The molecule has 2 amide bonds. The van der Waals surface area contributed by atoms with Crippen LogP contribution in [0.5, 0.6) is 0 Å². The molecule has 0 bridgehead atoms. The van der Waals surface area contributed by atoms with Crippen molar-refractivity contribution < 1.29 is 153 Å². The van der Waals surface area contributed by atoms with E-state index in [2.05, 4.69) is 37.5 Å². The van der Waals surface area contributed by atoms with Crippen molar-refractivity contribution in [3.05, 3.63) is 45.2 Å². The Morgan fingerprint density at radius 1 is 0.633 bits per heavy atom. The number of carboxylic acid groups (broad SMARTS) is 1. The molecule has 4 aliphatic heterocycles. The molecule has 4 rings (SSSR count). The maximum Gasteiger partial charge on any atom is 1.00 e. The Hall–Kier alpha value is -5.69. The fraction of sp³-hybridized carbons (Fsp3) is 0.558. The summed E-state index contributed by atoms with van der Waals surface area (Å²) < 4.78 is 27.2. The molecule has 0 saturated heterocycles. The van der Waals surface area contributed by atoms with E-state index in [1.807, 2.05) is 27.7 Å². The average Bonchev–Trinajstić information content (AvgIpc) is 3.94. The van der Waals surface area contributed by atoms with Gasteiger partial charge in [0, 0.05) is 41.2 Å². The number of amides is 2. The molecule has 0 aromatic heterocycles. The Kier molecular flexibility index (Phi) is 54.9. The summed E-state index contributed by atoms with van der Waals surface area (Å²) in [5, 5.41) is 9.31. The van der Waals surface area contributed by atoms with Gasteiger partial charge in [0.25, 0.3) is 11.8 Å². The molecule has 0 aliphatic carbocycles. The van der Waals surface area contributed by atoms with E-state index in [1.54, 1.807) is 43.6 Å². The molecular weight excluding hydrogens is 1090 g/mol. The summed E-state index contributed by atoms with van der Waals surface area (Å²) in [5.41, 5.74) is 8.47. The molecule has 4 heterocycles. The van der Waals surface area contributed by atoms with Gasteiger partial charge in [-0.15, -0.1) is 0 Å². The zero-order valence-corrected chi connectivity index (χ0v) is 50.4. The molecule has 27 heteroatoms. The topological polar surface area (TPSA) is 333 Å². The van der Waals surface area contributed by atoms with Gasteiger partial charge in [-0.25, -0.2) is 9.59 Å². The van der Waals surface area contributed by atoms with Crippen LogP contribution < -0.4 is 62.2 Å². The second-order valence-corrected chi connectivity index (χ2v) is 15.8. The van der Waals surface area contributed by atoms with Crippen LogP contribution in [0, 0.1) is 24.4 Å². The minimum atomic E-state index is -1.57. The van der Waals surface area contributed by atoms with Crippen molar-refractivity contribution in [3.8, 4) is 12.5 Å². The van der Waals surface area contributed by atoms with E-state index < -0.39 is 71.6 Å². The number of hydrogen-bond acceptors (Lipinski definition) is 21. The van der Waals surface area contributed by atoms with Crippen molar-refractivity contribution >= 4 is 96.2 Å². The number of fused-ring (bicyclic) bond motifs is 2. The number of Topliss-reactive ketones (excluding diaryl/α,β-unsaturated/α-hetero) is 3. The normalized spacial score (nSPS) is 13.3. The minimum absolute atomic E-state index is 0. The van der Waals surface area contributed by atoms with Crippen LogP contribution in [0.3, 0.4) is 0 Å². The van der Waals surface area contributed by atoms with Gasteiger partial charge in [-0.05, 0) is 107 Å². The quantitative estimate of drug-likeness (QED) is 0.0537. The van der Waals surface area contributed by atoms with Crippen LogP contribution in [0.1, 0.15) is 145 Å². The maximum atomic E-state index is 12.3. The van der Waals surface area contributed by atoms with Crippen molar-refractivity contribution in [2.24, 2.45) is 17.6 Å². The number of ether oxygens (including phenoxy) is 6. The van der Waals surface area contributed by atoms with Crippen LogP contribution in [0.4, 0.5) is 4.70 Å². The number of halogens is 2. The second-order valence-electron chi connectivity index (χ2n) is 15.2. The second kappa shape index (κ2) is 48.2. The van der Waals surface area contributed by atoms with Crippen LogP contribution in [0.2, 0.25) is 0 Å². The van der Waals surface area contributed by atoms with Crippen LogP contribution >= 0.6 is 11.6 Å². The number of carbonyl (C=O) groups excluding carboxylic acids is 13. The number of cyclic esters (lactones) is 2. The molecular formula is C52H80BClFKN3O20. The number of ketones is 3. The predicted octanol–water partition coefficient (Wildman–Crippen LogP) is 1.42. The first kappa shape index (κ1) is 89.9. The van der Waals surface area contributed by atoms with Crippen molar-refractivity contribution in [3.63, 3.8) is 0 Å². The first-order valence-corrected chi connectivity index (χ1v) is 23.5. The summed E-state index contributed by atoms with van der Waals surface area (Å²) in [6, 6.07) is 0. The number of hydrogen-bond donors (Lipinski definition) is 1. The Balaban J connectivity index is -0.000000109. The Labute approximate surface area is 514 Å². The zero-order chi connectivity index (χ0) is 58.2. The largest absolute Gasteiger partial charge is 1.00 e. The molecule has 23 nitrogen and oxygen atoms in total. The molecule has 441 valence electrons. The number of aliphatic carboxylic acids is 1. The third-order valence-electron chi connectivity index (χ3n) is 9.19. The summed E-state index contributed by atoms with van der Waals surface area (Å²) in [6.07, 6.45) is 8.51. The fourth-order valence-electron chi connectivity index (χ4n) is 6.21. The van der Waals surface area contributed by atoms with Crippen LogP contribution in [0.25, 0.3) is 0 Å². The van der Waals surface area contributed by atoms with Gasteiger partial charge in [0.15, 0.2) is 0 Å². The van der Waals surface area contributed by atoms with Gasteiger partial charge in [0.2, 0.25) is 5.24 Å². The van der Waals surface area contributed by atoms with Crippen molar-refractivity contribution in [2.75, 3.05) is 39.5 Å². The third kappa shape index (κ3) is 32.2. The van der Waals surface area contributed by atoms with Crippen LogP contribution in [-0.2, 0) is 90.8 Å². The van der Waals surface area contributed by atoms with E-state index in [9.17, 15) is 67.4 Å². The molecule has 0 spiro atoms. The van der Waals surface area contributed by atoms with Crippen LogP contribution in [-0.4, -0.2) is 134 Å². The number of rotatable bonds is 17. The van der Waals surface area contributed by atoms with Gasteiger partial charge < -0.3 is 53.9 Å². The molecule has 0 aromatic rings. The average molecular weight is 1170 g/mol. The molecule has 0 fully saturated rings. The summed E-state index contributed by atoms with van der Waals surface area (Å²) in [5.74, 6) is -9.61. The zero-order valence-electron chi connectivity index (χ0n) is 46.5. The number of esters is 6.